The molecule has 1 aliphatic rings. The molecule has 1 unspecified atom stereocenters. The summed E-state index contributed by atoms with van der Waals surface area (Å²) >= 11 is 0. The molecule has 1 atom stereocenters. The van der Waals surface area contributed by atoms with Crippen molar-refractivity contribution < 1.29 is 5.11 Å². The second-order valence-corrected chi connectivity index (χ2v) is 5.40. The van der Waals surface area contributed by atoms with Crippen molar-refractivity contribution in [2.45, 2.75) is 52.0 Å². The Labute approximate surface area is 107 Å². The number of nitrogens with one attached hydrogen (secondary N) is 1. The molecule has 102 valence electrons. The standard InChI is InChI=1S/C14H30N2O/c1-4-9-16(10-5-2)11-14(12-17,15-6-3)13-7-8-13/h13,15,17H,4-12H2,1-3H3. The first-order valence-corrected chi connectivity index (χ1v) is 7.30. The van der Waals surface area contributed by atoms with Crippen LogP contribution in [0.2, 0.25) is 0 Å². The van der Waals surface area contributed by atoms with Crippen LogP contribution in [-0.2, 0) is 0 Å². The minimum Gasteiger partial charge on any atom is -0.394 e. The zero-order chi connectivity index (χ0) is 12.7. The van der Waals surface area contributed by atoms with Crippen molar-refractivity contribution in [1.82, 2.24) is 10.2 Å². The van der Waals surface area contributed by atoms with Gasteiger partial charge in [0.1, 0.15) is 0 Å². The number of hydrogen-bond acceptors (Lipinski definition) is 3. The lowest BCUT2D eigenvalue weighted by Crippen LogP contribution is -2.58. The molecule has 0 aliphatic heterocycles. The van der Waals surface area contributed by atoms with E-state index in [4.69, 9.17) is 0 Å². The van der Waals surface area contributed by atoms with Gasteiger partial charge in [0.15, 0.2) is 0 Å². The molecule has 0 amide bonds. The molecule has 1 rings (SSSR count). The SMILES string of the molecule is CCCN(CCC)CC(CO)(NCC)C1CC1. The molecular weight excluding hydrogens is 212 g/mol. The molecule has 0 radical (unpaired) electrons. The van der Waals surface area contributed by atoms with Crippen LogP contribution < -0.4 is 5.32 Å². The van der Waals surface area contributed by atoms with E-state index in [2.05, 4.69) is 31.0 Å². The molecular formula is C14H30N2O. The van der Waals surface area contributed by atoms with Gasteiger partial charge in [0.25, 0.3) is 0 Å². The Hall–Kier alpha value is -0.120. The number of aliphatic hydroxyl groups is 1. The molecule has 17 heavy (non-hydrogen) atoms. The van der Waals surface area contributed by atoms with E-state index in [0.717, 1.165) is 26.2 Å². The lowest BCUT2D eigenvalue weighted by molar-refractivity contribution is 0.0916. The van der Waals surface area contributed by atoms with Gasteiger partial charge in [0.2, 0.25) is 0 Å². The van der Waals surface area contributed by atoms with Crippen LogP contribution in [0.15, 0.2) is 0 Å². The van der Waals surface area contributed by atoms with Crippen molar-refractivity contribution in [2.24, 2.45) is 5.92 Å². The third kappa shape index (κ3) is 4.23. The Kier molecular flexibility index (Phi) is 6.45. The predicted octanol–water partition coefficient (Wildman–Crippen LogP) is 1.86. The Morgan fingerprint density at radius 2 is 1.76 bits per heavy atom. The molecule has 0 aromatic rings. The highest BCUT2D eigenvalue weighted by Gasteiger charge is 2.44. The molecule has 0 spiro atoms. The minimum atomic E-state index is -0.0426. The average Bonchev–Trinajstić information content (AvgIpc) is 3.13. The van der Waals surface area contributed by atoms with Gasteiger partial charge in [-0.05, 0) is 51.2 Å². The predicted molar refractivity (Wildman–Crippen MR) is 73.2 cm³/mol. The lowest BCUT2D eigenvalue weighted by Gasteiger charge is -2.38. The van der Waals surface area contributed by atoms with Crippen molar-refractivity contribution in [3.8, 4) is 0 Å². The third-order valence-electron chi connectivity index (χ3n) is 3.76. The summed E-state index contributed by atoms with van der Waals surface area (Å²) in [6, 6.07) is 0. The zero-order valence-corrected chi connectivity index (χ0v) is 11.8. The van der Waals surface area contributed by atoms with Crippen molar-refractivity contribution in [3.63, 3.8) is 0 Å². The van der Waals surface area contributed by atoms with E-state index in [1.165, 1.54) is 25.7 Å². The van der Waals surface area contributed by atoms with Crippen LogP contribution >= 0.6 is 0 Å². The van der Waals surface area contributed by atoms with Gasteiger partial charge >= 0.3 is 0 Å². The quantitative estimate of drug-likeness (QED) is 0.614. The van der Waals surface area contributed by atoms with E-state index < -0.39 is 0 Å². The van der Waals surface area contributed by atoms with Crippen LogP contribution in [-0.4, -0.2) is 48.3 Å². The van der Waals surface area contributed by atoms with Crippen LogP contribution in [0.5, 0.6) is 0 Å². The molecule has 0 aromatic carbocycles. The largest absolute Gasteiger partial charge is 0.394 e. The smallest absolute Gasteiger partial charge is 0.0628 e. The van der Waals surface area contributed by atoms with Gasteiger partial charge in [-0.3, -0.25) is 0 Å². The Morgan fingerprint density at radius 1 is 1.18 bits per heavy atom. The summed E-state index contributed by atoms with van der Waals surface area (Å²) in [5, 5.41) is 13.4. The van der Waals surface area contributed by atoms with E-state index >= 15 is 0 Å². The molecule has 2 N–H and O–H groups in total. The Bertz CT molecular complexity index is 200. The molecule has 0 saturated heterocycles. The highest BCUT2D eigenvalue weighted by Crippen LogP contribution is 2.40. The summed E-state index contributed by atoms with van der Waals surface area (Å²) in [6.07, 6.45) is 4.94. The molecule has 0 heterocycles. The summed E-state index contributed by atoms with van der Waals surface area (Å²) in [7, 11) is 0. The van der Waals surface area contributed by atoms with Crippen LogP contribution in [0.4, 0.5) is 0 Å². The fraction of sp³-hybridized carbons (Fsp3) is 1.00. The number of aliphatic hydroxyl groups excluding tert-OH is 1. The minimum absolute atomic E-state index is 0.0426. The van der Waals surface area contributed by atoms with Crippen molar-refractivity contribution >= 4 is 0 Å². The summed E-state index contributed by atoms with van der Waals surface area (Å²) in [4.78, 5) is 2.51. The first-order valence-electron chi connectivity index (χ1n) is 7.30. The van der Waals surface area contributed by atoms with Gasteiger partial charge in [-0.1, -0.05) is 20.8 Å². The lowest BCUT2D eigenvalue weighted by atomic mass is 9.93. The van der Waals surface area contributed by atoms with Gasteiger partial charge in [-0.25, -0.2) is 0 Å². The van der Waals surface area contributed by atoms with Gasteiger partial charge in [-0.2, -0.15) is 0 Å². The molecule has 0 bridgehead atoms. The van der Waals surface area contributed by atoms with Crippen LogP contribution in [0.1, 0.15) is 46.5 Å². The highest BCUT2D eigenvalue weighted by molar-refractivity contribution is 5.02. The Balaban J connectivity index is 2.61. The maximum atomic E-state index is 9.81. The number of rotatable bonds is 10. The fourth-order valence-corrected chi connectivity index (χ4v) is 2.85. The number of nitrogens with zero attached hydrogens (tertiary/aromatic N) is 1. The van der Waals surface area contributed by atoms with Crippen molar-refractivity contribution in [3.05, 3.63) is 0 Å². The fourth-order valence-electron chi connectivity index (χ4n) is 2.85. The second-order valence-electron chi connectivity index (χ2n) is 5.40. The van der Waals surface area contributed by atoms with E-state index in [1.807, 2.05) is 0 Å². The molecule has 1 aliphatic carbocycles. The second kappa shape index (κ2) is 7.34. The average molecular weight is 242 g/mol. The first kappa shape index (κ1) is 14.9. The van der Waals surface area contributed by atoms with E-state index in [1.54, 1.807) is 0 Å². The number of hydrogen-bond donors (Lipinski definition) is 2. The summed E-state index contributed by atoms with van der Waals surface area (Å²) < 4.78 is 0. The molecule has 3 nitrogen and oxygen atoms in total. The van der Waals surface area contributed by atoms with Crippen LogP contribution in [0, 0.1) is 5.92 Å². The maximum absolute atomic E-state index is 9.81. The summed E-state index contributed by atoms with van der Waals surface area (Å²) in [6.45, 7) is 11.1. The van der Waals surface area contributed by atoms with Gasteiger partial charge in [0, 0.05) is 6.54 Å². The van der Waals surface area contributed by atoms with E-state index in [-0.39, 0.29) is 12.1 Å². The maximum Gasteiger partial charge on any atom is 0.0628 e. The molecule has 1 fully saturated rings. The van der Waals surface area contributed by atoms with E-state index in [9.17, 15) is 5.11 Å². The molecule has 3 heteroatoms. The summed E-state index contributed by atoms with van der Waals surface area (Å²) in [5.41, 5.74) is -0.0426. The molecule has 0 aromatic heterocycles. The van der Waals surface area contributed by atoms with Crippen LogP contribution in [0.25, 0.3) is 0 Å². The van der Waals surface area contributed by atoms with Gasteiger partial charge in [0.05, 0.1) is 12.1 Å². The topological polar surface area (TPSA) is 35.5 Å². The Morgan fingerprint density at radius 3 is 2.12 bits per heavy atom. The molecule has 1 saturated carbocycles. The van der Waals surface area contributed by atoms with Gasteiger partial charge in [-0.15, -0.1) is 0 Å². The zero-order valence-electron chi connectivity index (χ0n) is 11.8. The van der Waals surface area contributed by atoms with E-state index in [0.29, 0.717) is 5.92 Å². The van der Waals surface area contributed by atoms with Crippen molar-refractivity contribution in [1.29, 1.82) is 0 Å². The highest BCUT2D eigenvalue weighted by atomic mass is 16.3. The van der Waals surface area contributed by atoms with Gasteiger partial charge < -0.3 is 15.3 Å². The van der Waals surface area contributed by atoms with Crippen molar-refractivity contribution in [2.75, 3.05) is 32.8 Å². The third-order valence-corrected chi connectivity index (χ3v) is 3.76. The first-order chi connectivity index (χ1) is 8.22. The monoisotopic (exact) mass is 242 g/mol. The van der Waals surface area contributed by atoms with Crippen LogP contribution in [0.3, 0.4) is 0 Å². The summed E-state index contributed by atoms with van der Waals surface area (Å²) in [5.74, 6) is 0.684. The number of likely N-dealkylation sites (N-methyl/N-ethyl adjacent to an activating group) is 1. The normalized spacial score (nSPS) is 19.6.